The van der Waals surface area contributed by atoms with E-state index in [-0.39, 0.29) is 0 Å². The van der Waals surface area contributed by atoms with Crippen LogP contribution in [0.3, 0.4) is 0 Å². The second-order valence-corrected chi connectivity index (χ2v) is 3.55. The number of carbonyl (C=O) groups is 2. The predicted octanol–water partition coefficient (Wildman–Crippen LogP) is 0.777. The maximum Gasteiger partial charge on any atom is 0.292 e. The van der Waals surface area contributed by atoms with E-state index in [1.807, 2.05) is 0 Å². The molecule has 0 atom stereocenters. The number of ether oxygens (including phenoxy) is 2. The van der Waals surface area contributed by atoms with Gasteiger partial charge in [-0.25, -0.2) is 0 Å². The average molecular weight is 235 g/mol. The van der Waals surface area contributed by atoms with Gasteiger partial charge in [0, 0.05) is 12.1 Å². The highest BCUT2D eigenvalue weighted by Gasteiger charge is 2.19. The van der Waals surface area contributed by atoms with Crippen LogP contribution in [0, 0.1) is 0 Å². The number of carbonyl (C=O) groups excluding carboxylic acids is 2. The van der Waals surface area contributed by atoms with Crippen molar-refractivity contribution >= 4 is 11.7 Å². The minimum atomic E-state index is -0.607. The summed E-state index contributed by atoms with van der Waals surface area (Å²) in [6.07, 6.45) is 0. The fourth-order valence-corrected chi connectivity index (χ4v) is 1.56. The molecule has 90 valence electrons. The minimum absolute atomic E-state index is 0.306. The molecule has 0 saturated carbocycles. The molecule has 0 aromatic heterocycles. The van der Waals surface area contributed by atoms with Crippen LogP contribution in [0.4, 0.5) is 0 Å². The van der Waals surface area contributed by atoms with Gasteiger partial charge in [0.15, 0.2) is 11.5 Å². The summed E-state index contributed by atoms with van der Waals surface area (Å²) >= 11 is 0. The van der Waals surface area contributed by atoms with E-state index in [0.717, 1.165) is 0 Å². The van der Waals surface area contributed by atoms with Gasteiger partial charge in [-0.05, 0) is 25.1 Å². The fourth-order valence-electron chi connectivity index (χ4n) is 1.56. The average Bonchev–Trinajstić information content (AvgIpc) is 2.37. The SMILES string of the molecule is CCNC(=O)C(=O)c1ccc2c(c1)OCCO2. The molecule has 1 aromatic rings. The number of benzene rings is 1. The largest absolute Gasteiger partial charge is 0.486 e. The van der Waals surface area contributed by atoms with Crippen LogP contribution in [0.1, 0.15) is 17.3 Å². The van der Waals surface area contributed by atoms with Crippen molar-refractivity contribution in [2.75, 3.05) is 19.8 Å². The Labute approximate surface area is 98.7 Å². The first-order valence-electron chi connectivity index (χ1n) is 5.44. The molecule has 1 amide bonds. The highest BCUT2D eigenvalue weighted by atomic mass is 16.6. The van der Waals surface area contributed by atoms with Gasteiger partial charge in [-0.1, -0.05) is 0 Å². The highest BCUT2D eigenvalue weighted by Crippen LogP contribution is 2.30. The third-order valence-electron chi connectivity index (χ3n) is 2.35. The Hall–Kier alpha value is -2.04. The van der Waals surface area contributed by atoms with Gasteiger partial charge in [0.05, 0.1) is 0 Å². The van der Waals surface area contributed by atoms with Gasteiger partial charge in [0.25, 0.3) is 5.91 Å². The van der Waals surface area contributed by atoms with E-state index in [2.05, 4.69) is 5.32 Å². The van der Waals surface area contributed by atoms with E-state index in [1.165, 1.54) is 6.07 Å². The zero-order chi connectivity index (χ0) is 12.3. The van der Waals surface area contributed by atoms with Gasteiger partial charge in [-0.3, -0.25) is 9.59 Å². The molecule has 2 rings (SSSR count). The third-order valence-corrected chi connectivity index (χ3v) is 2.35. The molecule has 1 aromatic carbocycles. The number of nitrogens with one attached hydrogen (secondary N) is 1. The van der Waals surface area contributed by atoms with Crippen LogP contribution in [-0.2, 0) is 4.79 Å². The normalized spacial score (nSPS) is 13.0. The monoisotopic (exact) mass is 235 g/mol. The van der Waals surface area contributed by atoms with E-state index >= 15 is 0 Å². The summed E-state index contributed by atoms with van der Waals surface area (Å²) in [4.78, 5) is 23.1. The van der Waals surface area contributed by atoms with Gasteiger partial charge in [0.2, 0.25) is 5.78 Å². The van der Waals surface area contributed by atoms with Crippen molar-refractivity contribution in [2.24, 2.45) is 0 Å². The molecule has 0 saturated heterocycles. The number of amides is 1. The molecule has 0 aliphatic carbocycles. The zero-order valence-corrected chi connectivity index (χ0v) is 9.49. The molecule has 0 fully saturated rings. The Morgan fingerprint density at radius 2 is 1.94 bits per heavy atom. The molecular weight excluding hydrogens is 222 g/mol. The van der Waals surface area contributed by atoms with Crippen molar-refractivity contribution in [3.63, 3.8) is 0 Å². The summed E-state index contributed by atoms with van der Waals surface area (Å²) in [5, 5.41) is 2.46. The van der Waals surface area contributed by atoms with Crippen LogP contribution >= 0.6 is 0 Å². The first kappa shape index (κ1) is 11.4. The lowest BCUT2D eigenvalue weighted by molar-refractivity contribution is -0.116. The Bertz CT molecular complexity index is 456. The van der Waals surface area contributed by atoms with Crippen LogP contribution in [-0.4, -0.2) is 31.4 Å². The van der Waals surface area contributed by atoms with Gasteiger partial charge in [-0.15, -0.1) is 0 Å². The lowest BCUT2D eigenvalue weighted by Crippen LogP contribution is -2.30. The molecule has 0 unspecified atom stereocenters. The van der Waals surface area contributed by atoms with Gasteiger partial charge in [0.1, 0.15) is 13.2 Å². The summed E-state index contributed by atoms with van der Waals surface area (Å²) < 4.78 is 10.7. The summed E-state index contributed by atoms with van der Waals surface area (Å²) in [6.45, 7) is 3.13. The summed E-state index contributed by atoms with van der Waals surface area (Å²) in [5.74, 6) is -0.0666. The van der Waals surface area contributed by atoms with E-state index in [4.69, 9.17) is 9.47 Å². The summed E-state index contributed by atoms with van der Waals surface area (Å²) in [7, 11) is 0. The van der Waals surface area contributed by atoms with Crippen molar-refractivity contribution < 1.29 is 19.1 Å². The number of likely N-dealkylation sites (N-methyl/N-ethyl adjacent to an activating group) is 1. The van der Waals surface area contributed by atoms with Crippen LogP contribution in [0.5, 0.6) is 11.5 Å². The summed E-state index contributed by atoms with van der Waals surface area (Å²) in [6, 6.07) is 4.73. The number of rotatable bonds is 3. The molecule has 0 bridgehead atoms. The van der Waals surface area contributed by atoms with Crippen molar-refractivity contribution in [1.82, 2.24) is 5.32 Å². The van der Waals surface area contributed by atoms with Crippen molar-refractivity contribution in [3.05, 3.63) is 23.8 Å². The number of fused-ring (bicyclic) bond motifs is 1. The molecule has 1 aliphatic rings. The van der Waals surface area contributed by atoms with Gasteiger partial charge in [-0.2, -0.15) is 0 Å². The maximum absolute atomic E-state index is 11.7. The van der Waals surface area contributed by atoms with Crippen LogP contribution < -0.4 is 14.8 Å². The van der Waals surface area contributed by atoms with Gasteiger partial charge < -0.3 is 14.8 Å². The second-order valence-electron chi connectivity index (χ2n) is 3.55. The van der Waals surface area contributed by atoms with Crippen LogP contribution in [0.25, 0.3) is 0 Å². The van der Waals surface area contributed by atoms with Crippen molar-refractivity contribution in [2.45, 2.75) is 6.92 Å². The minimum Gasteiger partial charge on any atom is -0.486 e. The topological polar surface area (TPSA) is 64.6 Å². The van der Waals surface area contributed by atoms with Crippen molar-refractivity contribution in [3.8, 4) is 11.5 Å². The molecule has 1 N–H and O–H groups in total. The quantitative estimate of drug-likeness (QED) is 0.621. The molecule has 1 heterocycles. The molecule has 0 spiro atoms. The van der Waals surface area contributed by atoms with E-state index in [1.54, 1.807) is 19.1 Å². The number of hydrogen-bond acceptors (Lipinski definition) is 4. The van der Waals surface area contributed by atoms with E-state index < -0.39 is 11.7 Å². The molecule has 5 heteroatoms. The lowest BCUT2D eigenvalue weighted by Gasteiger charge is -2.18. The molecule has 1 aliphatic heterocycles. The first-order valence-corrected chi connectivity index (χ1v) is 5.44. The standard InChI is InChI=1S/C12H13NO4/c1-2-13-12(15)11(14)8-3-4-9-10(7-8)17-6-5-16-9/h3-4,7H,2,5-6H2,1H3,(H,13,15). The fraction of sp³-hybridized carbons (Fsp3) is 0.333. The Morgan fingerprint density at radius 1 is 1.24 bits per heavy atom. The Kier molecular flexibility index (Phi) is 3.27. The van der Waals surface area contributed by atoms with Crippen LogP contribution in [0.15, 0.2) is 18.2 Å². The third kappa shape index (κ3) is 2.38. The number of Topliss-reactive ketones (excluding diaryl/α,β-unsaturated/α-hetero) is 1. The molecular formula is C12H13NO4. The maximum atomic E-state index is 11.7. The molecule has 17 heavy (non-hydrogen) atoms. The Balaban J connectivity index is 2.22. The van der Waals surface area contributed by atoms with Crippen molar-refractivity contribution in [1.29, 1.82) is 0 Å². The zero-order valence-electron chi connectivity index (χ0n) is 9.49. The van der Waals surface area contributed by atoms with E-state index in [0.29, 0.717) is 36.8 Å². The van der Waals surface area contributed by atoms with Gasteiger partial charge >= 0.3 is 0 Å². The smallest absolute Gasteiger partial charge is 0.292 e. The molecule has 5 nitrogen and oxygen atoms in total. The first-order chi connectivity index (χ1) is 8.22. The van der Waals surface area contributed by atoms with E-state index in [9.17, 15) is 9.59 Å². The number of ketones is 1. The predicted molar refractivity (Wildman–Crippen MR) is 60.4 cm³/mol. The second kappa shape index (κ2) is 4.86. The lowest BCUT2D eigenvalue weighted by atomic mass is 10.1. The van der Waals surface area contributed by atoms with Crippen LogP contribution in [0.2, 0.25) is 0 Å². The number of hydrogen-bond donors (Lipinski definition) is 1. The Morgan fingerprint density at radius 3 is 2.65 bits per heavy atom. The summed E-state index contributed by atoms with van der Waals surface area (Å²) in [5.41, 5.74) is 0.306. The molecule has 0 radical (unpaired) electrons. The highest BCUT2D eigenvalue weighted by molar-refractivity contribution is 6.42.